The quantitative estimate of drug-likeness (QED) is 0.268. The van der Waals surface area contributed by atoms with E-state index in [4.69, 9.17) is 0 Å². The minimum absolute atomic E-state index is 0.0743. The Morgan fingerprint density at radius 3 is 2.77 bits per heavy atom. The summed E-state index contributed by atoms with van der Waals surface area (Å²) < 4.78 is 7.87. The summed E-state index contributed by atoms with van der Waals surface area (Å²) in [5.41, 5.74) is 1.61. The second kappa shape index (κ2) is 8.64. The van der Waals surface area contributed by atoms with Crippen molar-refractivity contribution in [1.82, 2.24) is 9.55 Å². The fraction of sp³-hybridized carbons (Fsp3) is 0.150. The number of hydrogen-bond donors (Lipinski definition) is 1. The van der Waals surface area contributed by atoms with Crippen molar-refractivity contribution in [1.29, 1.82) is 0 Å². The maximum absolute atomic E-state index is 12.2. The molecule has 2 aromatic carbocycles. The number of aromatic nitrogens is 2. The molecule has 0 spiro atoms. The highest BCUT2D eigenvalue weighted by atomic mass is 32.2. The molecular weight excluding hydrogens is 424 g/mol. The van der Waals surface area contributed by atoms with Gasteiger partial charge in [-0.05, 0) is 18.2 Å². The number of carbonyl (C=O) groups excluding carboxylic acids is 2. The van der Waals surface area contributed by atoms with Gasteiger partial charge >= 0.3 is 5.97 Å². The van der Waals surface area contributed by atoms with Gasteiger partial charge in [0.15, 0.2) is 10.0 Å². The molecule has 8 nitrogen and oxygen atoms in total. The van der Waals surface area contributed by atoms with Crippen molar-refractivity contribution in [2.75, 3.05) is 12.9 Å². The van der Waals surface area contributed by atoms with E-state index in [9.17, 15) is 14.7 Å². The van der Waals surface area contributed by atoms with Crippen molar-refractivity contribution < 1.29 is 19.4 Å². The third kappa shape index (κ3) is 4.05. The average molecular weight is 441 g/mol. The maximum atomic E-state index is 12.2. The number of aromatic hydroxyl groups is 1. The van der Waals surface area contributed by atoms with Gasteiger partial charge in [-0.3, -0.25) is 14.2 Å². The van der Waals surface area contributed by atoms with Crippen LogP contribution in [0, 0.1) is 0 Å². The van der Waals surface area contributed by atoms with E-state index >= 15 is 0 Å². The lowest BCUT2D eigenvalue weighted by Gasteiger charge is -2.04. The highest BCUT2D eigenvalue weighted by Crippen LogP contribution is 2.39. The molecule has 4 aromatic rings. The summed E-state index contributed by atoms with van der Waals surface area (Å²) in [7, 11) is 1.27. The lowest BCUT2D eigenvalue weighted by molar-refractivity contribution is -0.141. The Labute approximate surface area is 179 Å². The van der Waals surface area contributed by atoms with E-state index in [-0.39, 0.29) is 23.9 Å². The number of amides is 1. The first-order valence-corrected chi connectivity index (χ1v) is 10.7. The van der Waals surface area contributed by atoms with Crippen LogP contribution in [0.5, 0.6) is 5.88 Å². The summed E-state index contributed by atoms with van der Waals surface area (Å²) in [6, 6.07) is 14.8. The SMILES string of the molecule is COC(=O)Cn1c(O)c(N=NC(=O)CSc2nc3ccccc3s2)c2ccccc21. The molecule has 0 saturated carbocycles. The first-order chi connectivity index (χ1) is 14.6. The van der Waals surface area contributed by atoms with E-state index in [0.717, 1.165) is 14.6 Å². The van der Waals surface area contributed by atoms with Crippen molar-refractivity contribution in [3.8, 4) is 5.88 Å². The number of carbonyl (C=O) groups is 2. The third-order valence-corrected chi connectivity index (χ3v) is 6.45. The minimum Gasteiger partial charge on any atom is -0.493 e. The van der Waals surface area contributed by atoms with Crippen molar-refractivity contribution in [3.63, 3.8) is 0 Å². The highest BCUT2D eigenvalue weighted by Gasteiger charge is 2.19. The second-order valence-corrected chi connectivity index (χ2v) is 8.43. The molecule has 0 atom stereocenters. The number of thiazole rings is 1. The molecule has 30 heavy (non-hydrogen) atoms. The van der Waals surface area contributed by atoms with E-state index in [2.05, 4.69) is 19.9 Å². The fourth-order valence-electron chi connectivity index (χ4n) is 2.89. The number of methoxy groups -OCH3 is 1. The van der Waals surface area contributed by atoms with E-state index in [1.54, 1.807) is 24.3 Å². The Balaban J connectivity index is 1.52. The molecule has 0 aliphatic carbocycles. The van der Waals surface area contributed by atoms with Crippen LogP contribution in [-0.2, 0) is 20.9 Å². The van der Waals surface area contributed by atoms with E-state index in [1.165, 1.54) is 34.8 Å². The van der Waals surface area contributed by atoms with Gasteiger partial charge in [0.1, 0.15) is 6.54 Å². The van der Waals surface area contributed by atoms with Gasteiger partial charge in [0, 0.05) is 5.39 Å². The number of ether oxygens (including phenoxy) is 1. The van der Waals surface area contributed by atoms with Crippen molar-refractivity contribution in [2.45, 2.75) is 10.9 Å². The number of rotatable bonds is 6. The first-order valence-electron chi connectivity index (χ1n) is 8.86. The van der Waals surface area contributed by atoms with Gasteiger partial charge in [0.05, 0.1) is 28.6 Å². The van der Waals surface area contributed by atoms with Crippen LogP contribution in [0.1, 0.15) is 0 Å². The molecule has 0 saturated heterocycles. The number of para-hydroxylation sites is 2. The lowest BCUT2D eigenvalue weighted by atomic mass is 10.2. The Bertz CT molecular complexity index is 1250. The van der Waals surface area contributed by atoms with Crippen LogP contribution in [0.3, 0.4) is 0 Å². The van der Waals surface area contributed by atoms with Gasteiger partial charge in [0.2, 0.25) is 5.88 Å². The molecule has 10 heteroatoms. The van der Waals surface area contributed by atoms with Gasteiger partial charge in [-0.15, -0.1) is 21.6 Å². The predicted molar refractivity (Wildman–Crippen MR) is 115 cm³/mol. The number of fused-ring (bicyclic) bond motifs is 2. The predicted octanol–water partition coefficient (Wildman–Crippen LogP) is 4.53. The molecule has 2 aromatic heterocycles. The average Bonchev–Trinajstić information content (AvgIpc) is 3.29. The number of nitrogens with zero attached hydrogens (tertiary/aromatic N) is 4. The van der Waals surface area contributed by atoms with Crippen molar-refractivity contribution in [3.05, 3.63) is 48.5 Å². The molecule has 1 N–H and O–H groups in total. The van der Waals surface area contributed by atoms with Crippen molar-refractivity contribution in [2.24, 2.45) is 10.2 Å². The zero-order valence-corrected chi connectivity index (χ0v) is 17.4. The number of hydrogen-bond acceptors (Lipinski definition) is 8. The Kier molecular flexibility index (Phi) is 5.77. The van der Waals surface area contributed by atoms with Crippen LogP contribution in [0.2, 0.25) is 0 Å². The van der Waals surface area contributed by atoms with Crippen LogP contribution < -0.4 is 0 Å². The third-order valence-electron chi connectivity index (χ3n) is 4.29. The number of esters is 1. The van der Waals surface area contributed by atoms with Crippen LogP contribution in [-0.4, -0.2) is 39.4 Å². The van der Waals surface area contributed by atoms with Crippen LogP contribution in [0.15, 0.2) is 63.1 Å². The Morgan fingerprint density at radius 2 is 1.97 bits per heavy atom. The largest absolute Gasteiger partial charge is 0.493 e. The first kappa shape index (κ1) is 20.0. The summed E-state index contributed by atoms with van der Waals surface area (Å²) in [5, 5.41) is 18.8. The van der Waals surface area contributed by atoms with Gasteiger partial charge in [-0.1, -0.05) is 42.1 Å². The monoisotopic (exact) mass is 440 g/mol. The van der Waals surface area contributed by atoms with Gasteiger partial charge in [-0.2, -0.15) is 0 Å². The second-order valence-electron chi connectivity index (χ2n) is 6.18. The van der Waals surface area contributed by atoms with Gasteiger partial charge < -0.3 is 9.84 Å². The van der Waals surface area contributed by atoms with E-state index < -0.39 is 11.9 Å². The van der Waals surface area contributed by atoms with Crippen LogP contribution in [0.4, 0.5) is 5.69 Å². The summed E-state index contributed by atoms with van der Waals surface area (Å²) >= 11 is 2.80. The van der Waals surface area contributed by atoms with Crippen LogP contribution >= 0.6 is 23.1 Å². The maximum Gasteiger partial charge on any atom is 0.325 e. The Morgan fingerprint density at radius 1 is 1.20 bits per heavy atom. The minimum atomic E-state index is -0.516. The van der Waals surface area contributed by atoms with Crippen LogP contribution in [0.25, 0.3) is 21.1 Å². The topological polar surface area (TPSA) is 106 Å². The molecule has 152 valence electrons. The fourth-order valence-corrected chi connectivity index (χ4v) is 4.74. The number of azo groups is 1. The van der Waals surface area contributed by atoms with E-state index in [1.807, 2.05) is 24.3 Å². The molecule has 0 unspecified atom stereocenters. The summed E-state index contributed by atoms with van der Waals surface area (Å²) in [4.78, 5) is 28.4. The molecular formula is C20H16N4O4S2. The molecule has 0 bridgehead atoms. The molecule has 0 aliphatic rings. The zero-order valence-electron chi connectivity index (χ0n) is 15.8. The summed E-state index contributed by atoms with van der Waals surface area (Å²) in [6.45, 7) is -0.181. The summed E-state index contributed by atoms with van der Waals surface area (Å²) in [6.07, 6.45) is 0. The van der Waals surface area contributed by atoms with Crippen molar-refractivity contribution >= 4 is 61.8 Å². The standard InChI is InChI=1S/C20H16N4O4S2/c1-28-17(26)10-24-14-8-4-2-6-12(14)18(19(24)27)23-22-16(25)11-29-20-21-13-7-3-5-9-15(13)30-20/h2-9,27H,10-11H2,1H3. The molecule has 0 fully saturated rings. The normalized spacial score (nSPS) is 11.5. The molecule has 2 heterocycles. The zero-order chi connectivity index (χ0) is 21.1. The van der Waals surface area contributed by atoms with Gasteiger partial charge in [0.25, 0.3) is 5.91 Å². The summed E-state index contributed by atoms with van der Waals surface area (Å²) in [5.74, 6) is -1.15. The lowest BCUT2D eigenvalue weighted by Crippen LogP contribution is -2.10. The Hall–Kier alpha value is -3.24. The highest BCUT2D eigenvalue weighted by molar-refractivity contribution is 8.01. The molecule has 4 rings (SSSR count). The smallest absolute Gasteiger partial charge is 0.325 e. The molecule has 0 aliphatic heterocycles. The van der Waals surface area contributed by atoms with Gasteiger partial charge in [-0.25, -0.2) is 4.98 Å². The van der Waals surface area contributed by atoms with E-state index in [0.29, 0.717) is 10.9 Å². The molecule has 0 radical (unpaired) electrons. The number of benzene rings is 2. The molecule has 1 amide bonds. The number of thioether (sulfide) groups is 1.